The quantitative estimate of drug-likeness (QED) is 0.555. The smallest absolute Gasteiger partial charge is 0.328 e. The molecule has 0 radical (unpaired) electrons. The molecule has 84 valence electrons. The SMILES string of the molecule is Nc1cccc(C(=O)NC2CCOC2=O)c1. The molecule has 0 spiro atoms. The number of hydrogen-bond donors (Lipinski definition) is 2. The van der Waals surface area contributed by atoms with Gasteiger partial charge < -0.3 is 15.8 Å². The minimum atomic E-state index is -0.533. The highest BCUT2D eigenvalue weighted by molar-refractivity contribution is 5.97. The van der Waals surface area contributed by atoms with Crippen molar-refractivity contribution < 1.29 is 14.3 Å². The fraction of sp³-hybridized carbons (Fsp3) is 0.273. The predicted molar refractivity (Wildman–Crippen MR) is 57.7 cm³/mol. The Morgan fingerprint density at radius 3 is 2.94 bits per heavy atom. The normalized spacial score (nSPS) is 19.2. The summed E-state index contributed by atoms with van der Waals surface area (Å²) < 4.78 is 4.75. The van der Waals surface area contributed by atoms with Crippen LogP contribution in [-0.2, 0) is 9.53 Å². The van der Waals surface area contributed by atoms with Crippen molar-refractivity contribution in [2.45, 2.75) is 12.5 Å². The van der Waals surface area contributed by atoms with Crippen LogP contribution < -0.4 is 11.1 Å². The largest absolute Gasteiger partial charge is 0.464 e. The van der Waals surface area contributed by atoms with Gasteiger partial charge >= 0.3 is 5.97 Å². The fourth-order valence-corrected chi connectivity index (χ4v) is 1.55. The van der Waals surface area contributed by atoms with Crippen LogP contribution in [0.25, 0.3) is 0 Å². The van der Waals surface area contributed by atoms with E-state index < -0.39 is 6.04 Å². The number of nitrogens with one attached hydrogen (secondary N) is 1. The Morgan fingerprint density at radius 2 is 2.31 bits per heavy atom. The number of ether oxygens (including phenoxy) is 1. The summed E-state index contributed by atoms with van der Waals surface area (Å²) in [4.78, 5) is 22.9. The van der Waals surface area contributed by atoms with Crippen LogP contribution in [0.15, 0.2) is 24.3 Å². The van der Waals surface area contributed by atoms with E-state index in [4.69, 9.17) is 10.5 Å². The van der Waals surface area contributed by atoms with Crippen LogP contribution in [0, 0.1) is 0 Å². The number of benzene rings is 1. The molecular formula is C11H12N2O3. The maximum absolute atomic E-state index is 11.7. The maximum Gasteiger partial charge on any atom is 0.328 e. The average molecular weight is 220 g/mol. The van der Waals surface area contributed by atoms with E-state index in [1.807, 2.05) is 0 Å². The molecule has 1 atom stereocenters. The first-order valence-corrected chi connectivity index (χ1v) is 5.00. The number of carbonyl (C=O) groups is 2. The maximum atomic E-state index is 11.7. The lowest BCUT2D eigenvalue weighted by Gasteiger charge is -2.08. The zero-order valence-corrected chi connectivity index (χ0v) is 8.60. The summed E-state index contributed by atoms with van der Waals surface area (Å²) in [6.45, 7) is 0.362. The molecule has 1 aromatic carbocycles. The minimum Gasteiger partial charge on any atom is -0.464 e. The average Bonchev–Trinajstić information content (AvgIpc) is 2.64. The highest BCUT2D eigenvalue weighted by Gasteiger charge is 2.28. The Kier molecular flexibility index (Phi) is 2.76. The van der Waals surface area contributed by atoms with Gasteiger partial charge in [-0.25, -0.2) is 4.79 Å². The van der Waals surface area contributed by atoms with Crippen molar-refractivity contribution in [3.05, 3.63) is 29.8 Å². The summed E-state index contributed by atoms with van der Waals surface area (Å²) in [5.41, 5.74) is 6.52. The van der Waals surface area contributed by atoms with Gasteiger partial charge in [-0.2, -0.15) is 0 Å². The standard InChI is InChI=1S/C11H12N2O3/c12-8-3-1-2-7(6-8)10(14)13-9-4-5-16-11(9)15/h1-3,6,9H,4-5,12H2,(H,13,14). The molecule has 1 fully saturated rings. The zero-order valence-electron chi connectivity index (χ0n) is 8.60. The van der Waals surface area contributed by atoms with Crippen LogP contribution >= 0.6 is 0 Å². The Balaban J connectivity index is 2.05. The summed E-state index contributed by atoms with van der Waals surface area (Å²) in [6, 6.07) is 6.06. The number of anilines is 1. The first-order chi connectivity index (χ1) is 7.66. The number of amides is 1. The van der Waals surface area contributed by atoms with E-state index in [-0.39, 0.29) is 11.9 Å². The van der Waals surface area contributed by atoms with E-state index in [0.29, 0.717) is 24.3 Å². The van der Waals surface area contributed by atoms with Gasteiger partial charge in [0.2, 0.25) is 0 Å². The van der Waals surface area contributed by atoms with E-state index in [1.54, 1.807) is 24.3 Å². The summed E-state index contributed by atoms with van der Waals surface area (Å²) >= 11 is 0. The number of carbonyl (C=O) groups excluding carboxylic acids is 2. The van der Waals surface area contributed by atoms with E-state index >= 15 is 0 Å². The minimum absolute atomic E-state index is 0.309. The van der Waals surface area contributed by atoms with Gasteiger partial charge in [0.15, 0.2) is 0 Å². The van der Waals surface area contributed by atoms with Crippen LogP contribution in [0.3, 0.4) is 0 Å². The Bertz CT molecular complexity index is 431. The topological polar surface area (TPSA) is 81.4 Å². The molecule has 2 rings (SSSR count). The monoisotopic (exact) mass is 220 g/mol. The summed E-state index contributed by atoms with van der Waals surface area (Å²) in [5, 5.41) is 2.60. The van der Waals surface area contributed by atoms with Gasteiger partial charge in [0.05, 0.1) is 6.61 Å². The van der Waals surface area contributed by atoms with Gasteiger partial charge in [0.25, 0.3) is 5.91 Å². The molecular weight excluding hydrogens is 208 g/mol. The third-order valence-corrected chi connectivity index (χ3v) is 2.39. The van der Waals surface area contributed by atoms with Crippen LogP contribution in [-0.4, -0.2) is 24.5 Å². The van der Waals surface area contributed by atoms with Crippen LogP contribution in [0.1, 0.15) is 16.8 Å². The molecule has 1 aromatic rings. The lowest BCUT2D eigenvalue weighted by atomic mass is 10.1. The van der Waals surface area contributed by atoms with Gasteiger partial charge in [0, 0.05) is 17.7 Å². The molecule has 1 heterocycles. The third kappa shape index (κ3) is 2.13. The predicted octanol–water partition coefficient (Wildman–Crippen LogP) is 0.314. The van der Waals surface area contributed by atoms with E-state index in [9.17, 15) is 9.59 Å². The lowest BCUT2D eigenvalue weighted by Crippen LogP contribution is -2.37. The summed E-state index contributed by atoms with van der Waals surface area (Å²) in [6.07, 6.45) is 0.521. The van der Waals surface area contributed by atoms with Crippen LogP contribution in [0.2, 0.25) is 0 Å². The molecule has 0 saturated carbocycles. The molecule has 0 aliphatic carbocycles. The van der Waals surface area contributed by atoms with E-state index in [1.165, 1.54) is 0 Å². The second-order valence-electron chi connectivity index (χ2n) is 3.61. The molecule has 1 aliphatic rings. The molecule has 0 bridgehead atoms. The molecule has 5 heteroatoms. The summed E-state index contributed by atoms with van der Waals surface area (Å²) in [5.74, 6) is -0.687. The van der Waals surface area contributed by atoms with Crippen LogP contribution in [0.5, 0.6) is 0 Å². The Hall–Kier alpha value is -2.04. The van der Waals surface area contributed by atoms with Gasteiger partial charge in [-0.15, -0.1) is 0 Å². The summed E-state index contributed by atoms with van der Waals surface area (Å²) in [7, 11) is 0. The van der Waals surface area contributed by atoms with Crippen molar-refractivity contribution in [1.29, 1.82) is 0 Å². The Labute approximate surface area is 92.6 Å². The van der Waals surface area contributed by atoms with E-state index in [0.717, 1.165) is 0 Å². The zero-order chi connectivity index (χ0) is 11.5. The van der Waals surface area contributed by atoms with Crippen LogP contribution in [0.4, 0.5) is 5.69 Å². The molecule has 1 unspecified atom stereocenters. The van der Waals surface area contributed by atoms with Crippen molar-refractivity contribution in [2.24, 2.45) is 0 Å². The number of nitrogens with two attached hydrogens (primary N) is 1. The molecule has 3 N–H and O–H groups in total. The first kappa shape index (κ1) is 10.5. The highest BCUT2D eigenvalue weighted by atomic mass is 16.5. The number of esters is 1. The molecule has 1 saturated heterocycles. The second kappa shape index (κ2) is 4.22. The Morgan fingerprint density at radius 1 is 1.50 bits per heavy atom. The molecule has 16 heavy (non-hydrogen) atoms. The molecule has 1 amide bonds. The molecule has 0 aromatic heterocycles. The number of cyclic esters (lactones) is 1. The van der Waals surface area contributed by atoms with Gasteiger partial charge in [0.1, 0.15) is 6.04 Å². The second-order valence-corrected chi connectivity index (χ2v) is 3.61. The number of nitrogen functional groups attached to an aromatic ring is 1. The number of hydrogen-bond acceptors (Lipinski definition) is 4. The van der Waals surface area contributed by atoms with Crippen molar-refractivity contribution >= 4 is 17.6 Å². The fourth-order valence-electron chi connectivity index (χ4n) is 1.55. The van der Waals surface area contributed by atoms with Crippen molar-refractivity contribution in [1.82, 2.24) is 5.32 Å². The molecule has 1 aliphatic heterocycles. The molecule has 5 nitrogen and oxygen atoms in total. The van der Waals surface area contributed by atoms with Crippen molar-refractivity contribution in [2.75, 3.05) is 12.3 Å². The highest BCUT2D eigenvalue weighted by Crippen LogP contribution is 2.09. The van der Waals surface area contributed by atoms with Crippen molar-refractivity contribution in [3.63, 3.8) is 0 Å². The number of rotatable bonds is 2. The lowest BCUT2D eigenvalue weighted by molar-refractivity contribution is -0.139. The van der Waals surface area contributed by atoms with Gasteiger partial charge in [-0.1, -0.05) is 6.07 Å². The van der Waals surface area contributed by atoms with Gasteiger partial charge in [-0.05, 0) is 18.2 Å². The van der Waals surface area contributed by atoms with Gasteiger partial charge in [-0.3, -0.25) is 4.79 Å². The third-order valence-electron chi connectivity index (χ3n) is 2.39. The van der Waals surface area contributed by atoms with Crippen molar-refractivity contribution in [3.8, 4) is 0 Å². The van der Waals surface area contributed by atoms with E-state index in [2.05, 4.69) is 5.32 Å². The first-order valence-electron chi connectivity index (χ1n) is 5.00.